The largest absolute Gasteiger partial charge is 0.370 e. The number of hydrogen-bond acceptors (Lipinski definition) is 5. The summed E-state index contributed by atoms with van der Waals surface area (Å²) in [6, 6.07) is 6.00. The highest BCUT2D eigenvalue weighted by Gasteiger charge is 2.07. The molecule has 2 rings (SSSR count). The van der Waals surface area contributed by atoms with E-state index >= 15 is 0 Å². The molecule has 1 aliphatic rings. The Kier molecular flexibility index (Phi) is 6.02. The third-order valence-corrected chi connectivity index (χ3v) is 2.32. The number of guanidine groups is 1. The van der Waals surface area contributed by atoms with Crippen molar-refractivity contribution in [3.8, 4) is 0 Å². The van der Waals surface area contributed by atoms with Crippen LogP contribution in [0.1, 0.15) is 30.5 Å². The Hall–Kier alpha value is -2.57. The lowest BCUT2D eigenvalue weighted by molar-refractivity contribution is 0.904. The molecule has 0 bridgehead atoms. The van der Waals surface area contributed by atoms with Crippen LogP contribution in [0.2, 0.25) is 0 Å². The molecule has 0 aliphatic carbocycles. The number of hydrogen-bond donors (Lipinski definition) is 4. The smallest absolute Gasteiger partial charge is 0.186 e. The van der Waals surface area contributed by atoms with Gasteiger partial charge in [-0.2, -0.15) is 10.2 Å². The minimum absolute atomic E-state index is 0.0810. The minimum Gasteiger partial charge on any atom is -0.370 e. The van der Waals surface area contributed by atoms with Crippen LogP contribution >= 0.6 is 0 Å². The zero-order valence-electron chi connectivity index (χ0n) is 12.0. The van der Waals surface area contributed by atoms with Gasteiger partial charge in [0.2, 0.25) is 0 Å². The molecule has 7 nitrogen and oxygen atoms in total. The Labute approximate surface area is 118 Å². The predicted molar refractivity (Wildman–Crippen MR) is 83.3 cm³/mol. The van der Waals surface area contributed by atoms with Gasteiger partial charge in [-0.3, -0.25) is 10.9 Å². The quantitative estimate of drug-likeness (QED) is 0.477. The van der Waals surface area contributed by atoms with Gasteiger partial charge in [0.1, 0.15) is 6.34 Å². The molecule has 0 aromatic heterocycles. The van der Waals surface area contributed by atoms with Gasteiger partial charge in [0.15, 0.2) is 11.8 Å². The van der Waals surface area contributed by atoms with Crippen molar-refractivity contribution in [2.45, 2.75) is 27.3 Å². The third-order valence-electron chi connectivity index (χ3n) is 2.32. The second-order valence-corrected chi connectivity index (χ2v) is 3.91. The fourth-order valence-corrected chi connectivity index (χ4v) is 1.64. The zero-order valence-corrected chi connectivity index (χ0v) is 12.0. The molecule has 108 valence electrons. The van der Waals surface area contributed by atoms with Gasteiger partial charge in [0.25, 0.3) is 0 Å². The Balaban J connectivity index is 0.000000956. The maximum atomic E-state index is 5.32. The van der Waals surface area contributed by atoms with Crippen LogP contribution in [0.4, 0.5) is 0 Å². The first kappa shape index (κ1) is 15.5. The summed E-state index contributed by atoms with van der Waals surface area (Å²) in [5.74, 6) is 0.740. The molecule has 7 heteroatoms. The highest BCUT2D eigenvalue weighted by molar-refractivity contribution is 6.00. The molecule has 0 amide bonds. The van der Waals surface area contributed by atoms with E-state index in [9.17, 15) is 0 Å². The number of nitrogens with zero attached hydrogens (tertiary/aromatic N) is 3. The topological polar surface area (TPSA) is 113 Å². The van der Waals surface area contributed by atoms with Crippen molar-refractivity contribution in [2.24, 2.45) is 26.7 Å². The molecule has 0 spiro atoms. The molecule has 1 aliphatic heterocycles. The van der Waals surface area contributed by atoms with E-state index in [0.717, 1.165) is 16.7 Å². The van der Waals surface area contributed by atoms with Crippen molar-refractivity contribution in [1.29, 1.82) is 0 Å². The van der Waals surface area contributed by atoms with Gasteiger partial charge in [0, 0.05) is 5.56 Å². The fraction of sp³-hybridized carbons (Fsp3) is 0.308. The third kappa shape index (κ3) is 4.60. The standard InChI is InChI=1S/C11H15N7.C2H6/c1-7-2-8(5-14-11(12)13)4-9(3-7)10-17-15-6-16-18-10;1-2/h2-4,6H,5H2,1H3,(H,15,16)(H,17,18)(H4,12,13,14);1-2H3. The van der Waals surface area contributed by atoms with E-state index in [4.69, 9.17) is 11.5 Å². The van der Waals surface area contributed by atoms with Gasteiger partial charge in [-0.1, -0.05) is 25.5 Å². The van der Waals surface area contributed by atoms with Crippen molar-refractivity contribution in [1.82, 2.24) is 10.9 Å². The summed E-state index contributed by atoms with van der Waals surface area (Å²) >= 11 is 0. The molecular weight excluding hydrogens is 254 g/mol. The summed E-state index contributed by atoms with van der Waals surface area (Å²) in [5.41, 5.74) is 19.2. The highest BCUT2D eigenvalue weighted by Crippen LogP contribution is 2.11. The Morgan fingerprint density at radius 2 is 2.00 bits per heavy atom. The van der Waals surface area contributed by atoms with Crippen LogP contribution < -0.4 is 22.3 Å². The van der Waals surface area contributed by atoms with Crippen LogP contribution in [0.25, 0.3) is 0 Å². The van der Waals surface area contributed by atoms with E-state index in [0.29, 0.717) is 12.4 Å². The van der Waals surface area contributed by atoms with Crippen molar-refractivity contribution >= 4 is 18.1 Å². The second kappa shape index (κ2) is 7.78. The molecule has 1 heterocycles. The molecule has 0 fully saturated rings. The molecular formula is C13H21N7. The summed E-state index contributed by atoms with van der Waals surface area (Å²) in [5, 5.41) is 7.98. The minimum atomic E-state index is 0.0810. The lowest BCUT2D eigenvalue weighted by atomic mass is 10.1. The highest BCUT2D eigenvalue weighted by atomic mass is 15.5. The van der Waals surface area contributed by atoms with E-state index in [1.54, 1.807) is 0 Å². The summed E-state index contributed by atoms with van der Waals surface area (Å²) in [6.07, 6.45) is 1.47. The van der Waals surface area contributed by atoms with E-state index < -0.39 is 0 Å². The second-order valence-electron chi connectivity index (χ2n) is 3.91. The molecule has 1 aromatic rings. The first-order valence-corrected chi connectivity index (χ1v) is 6.42. The number of aliphatic imine (C=N–C) groups is 1. The van der Waals surface area contributed by atoms with Gasteiger partial charge in [-0.05, 0) is 24.6 Å². The maximum Gasteiger partial charge on any atom is 0.186 e. The average Bonchev–Trinajstić information content (AvgIpc) is 2.47. The van der Waals surface area contributed by atoms with Crippen LogP contribution in [-0.2, 0) is 6.54 Å². The molecule has 0 saturated heterocycles. The van der Waals surface area contributed by atoms with Crippen LogP contribution in [0.15, 0.2) is 33.4 Å². The molecule has 6 N–H and O–H groups in total. The van der Waals surface area contributed by atoms with Crippen molar-refractivity contribution in [2.75, 3.05) is 0 Å². The predicted octanol–water partition coefficient (Wildman–Crippen LogP) is 0.592. The molecule has 0 unspecified atom stereocenters. The maximum absolute atomic E-state index is 5.32. The summed E-state index contributed by atoms with van der Waals surface area (Å²) in [4.78, 5) is 3.99. The molecule has 1 aromatic carbocycles. The van der Waals surface area contributed by atoms with E-state index in [-0.39, 0.29) is 5.96 Å². The summed E-state index contributed by atoms with van der Waals surface area (Å²) in [6.45, 7) is 6.45. The number of nitrogens with one attached hydrogen (secondary N) is 2. The van der Waals surface area contributed by atoms with Gasteiger partial charge < -0.3 is 11.5 Å². The van der Waals surface area contributed by atoms with Crippen molar-refractivity contribution in [3.63, 3.8) is 0 Å². The SMILES string of the molecule is CC.Cc1cc(CN=C(N)N)cc(C2=NNC=NN2)c1. The summed E-state index contributed by atoms with van der Waals surface area (Å²) in [7, 11) is 0. The molecule has 20 heavy (non-hydrogen) atoms. The number of nitrogens with two attached hydrogens (primary N) is 2. The number of amidine groups is 1. The van der Waals surface area contributed by atoms with Gasteiger partial charge in [0.05, 0.1) is 6.54 Å². The zero-order chi connectivity index (χ0) is 15.0. The average molecular weight is 275 g/mol. The molecule has 0 atom stereocenters. The Bertz CT molecular complexity index is 528. The number of benzene rings is 1. The number of aryl methyl sites for hydroxylation is 1. The van der Waals surface area contributed by atoms with Crippen LogP contribution in [0, 0.1) is 6.92 Å². The van der Waals surface area contributed by atoms with Crippen molar-refractivity contribution in [3.05, 3.63) is 34.9 Å². The molecule has 0 saturated carbocycles. The summed E-state index contributed by atoms with van der Waals surface area (Å²) < 4.78 is 0. The number of hydrazone groups is 2. The molecule has 0 radical (unpaired) electrons. The Morgan fingerprint density at radius 1 is 1.25 bits per heavy atom. The van der Waals surface area contributed by atoms with E-state index in [1.807, 2.05) is 39.0 Å². The first-order valence-electron chi connectivity index (χ1n) is 6.42. The lowest BCUT2D eigenvalue weighted by Crippen LogP contribution is -2.28. The lowest BCUT2D eigenvalue weighted by Gasteiger charge is -2.11. The Morgan fingerprint density at radius 3 is 2.60 bits per heavy atom. The monoisotopic (exact) mass is 275 g/mol. The van der Waals surface area contributed by atoms with Crippen LogP contribution in [-0.4, -0.2) is 18.1 Å². The van der Waals surface area contributed by atoms with E-state index in [2.05, 4.69) is 26.0 Å². The normalized spacial score (nSPS) is 12.2. The first-order chi connectivity index (χ1) is 9.65. The van der Waals surface area contributed by atoms with Crippen molar-refractivity contribution < 1.29 is 0 Å². The van der Waals surface area contributed by atoms with Gasteiger partial charge >= 0.3 is 0 Å². The van der Waals surface area contributed by atoms with Gasteiger partial charge in [-0.25, -0.2) is 4.99 Å². The number of rotatable bonds is 3. The van der Waals surface area contributed by atoms with Gasteiger partial charge in [-0.15, -0.1) is 0 Å². The van der Waals surface area contributed by atoms with Crippen LogP contribution in [0.3, 0.4) is 0 Å². The van der Waals surface area contributed by atoms with Crippen LogP contribution in [0.5, 0.6) is 0 Å². The fourth-order valence-electron chi connectivity index (χ4n) is 1.64. The van der Waals surface area contributed by atoms with E-state index in [1.165, 1.54) is 6.34 Å².